The van der Waals surface area contributed by atoms with Crippen LogP contribution in [0.5, 0.6) is 0 Å². The minimum atomic E-state index is -4.40. The molecule has 2 atom stereocenters. The summed E-state index contributed by atoms with van der Waals surface area (Å²) in [5.41, 5.74) is 5.34. The Morgan fingerprint density at radius 2 is 1.04 bits per heavy atom. The summed E-state index contributed by atoms with van der Waals surface area (Å²) in [5, 5.41) is 0. The molecule has 0 aromatic rings. The van der Waals surface area contributed by atoms with E-state index in [4.69, 9.17) is 24.3 Å². The lowest BCUT2D eigenvalue weighted by Crippen LogP contribution is -2.29. The largest absolute Gasteiger partial charge is 0.472 e. The Labute approximate surface area is 334 Å². The third-order valence-electron chi connectivity index (χ3n) is 8.28. The van der Waals surface area contributed by atoms with E-state index in [1.165, 1.54) is 51.4 Å². The molecular formula is C45H76NO8P. The molecule has 0 rings (SSSR count). The molecule has 0 saturated heterocycles. The third-order valence-corrected chi connectivity index (χ3v) is 9.26. The van der Waals surface area contributed by atoms with Crippen molar-refractivity contribution in [1.29, 1.82) is 0 Å². The smallest absolute Gasteiger partial charge is 0.462 e. The zero-order valence-electron chi connectivity index (χ0n) is 34.4. The van der Waals surface area contributed by atoms with Crippen molar-refractivity contribution >= 4 is 19.8 Å². The van der Waals surface area contributed by atoms with Gasteiger partial charge in [-0.3, -0.25) is 18.6 Å². The Kier molecular flexibility index (Phi) is 38.8. The number of esters is 2. The Bertz CT molecular complexity index is 1170. The predicted octanol–water partition coefficient (Wildman–Crippen LogP) is 12.0. The van der Waals surface area contributed by atoms with Crippen LogP contribution in [0.15, 0.2) is 85.1 Å². The summed E-state index contributed by atoms with van der Waals surface area (Å²) in [6, 6.07) is 0. The van der Waals surface area contributed by atoms with Crippen LogP contribution in [0.2, 0.25) is 0 Å². The monoisotopic (exact) mass is 790 g/mol. The molecule has 0 aliphatic rings. The molecule has 314 valence electrons. The van der Waals surface area contributed by atoms with Gasteiger partial charge >= 0.3 is 19.8 Å². The molecule has 0 amide bonds. The van der Waals surface area contributed by atoms with Crippen LogP contribution in [0.25, 0.3) is 0 Å². The van der Waals surface area contributed by atoms with E-state index in [0.717, 1.165) is 64.2 Å². The van der Waals surface area contributed by atoms with Crippen LogP contribution in [0.3, 0.4) is 0 Å². The van der Waals surface area contributed by atoms with Crippen LogP contribution in [-0.4, -0.2) is 49.3 Å². The number of allylic oxidation sites excluding steroid dienone is 14. The van der Waals surface area contributed by atoms with Crippen LogP contribution < -0.4 is 5.73 Å². The SMILES string of the molecule is CC/C=C\C/C=C\C/C=C\C/C=C\C/C=C\C/C=C\CCC(=O)OC[C@H](COP(=O)(O)OCCN)OC(=O)CCCCCCCCC/C=C\CCCCCC. The first kappa shape index (κ1) is 52.2. The second-order valence-electron chi connectivity index (χ2n) is 13.5. The highest BCUT2D eigenvalue weighted by molar-refractivity contribution is 7.47. The van der Waals surface area contributed by atoms with Gasteiger partial charge in [0.25, 0.3) is 0 Å². The zero-order chi connectivity index (χ0) is 40.3. The Balaban J connectivity index is 4.32. The molecule has 0 aliphatic heterocycles. The van der Waals surface area contributed by atoms with Crippen LogP contribution >= 0.6 is 7.82 Å². The van der Waals surface area contributed by atoms with Gasteiger partial charge < -0.3 is 20.1 Å². The summed E-state index contributed by atoms with van der Waals surface area (Å²) in [6.45, 7) is 3.49. The van der Waals surface area contributed by atoms with E-state index in [0.29, 0.717) is 12.8 Å². The summed E-state index contributed by atoms with van der Waals surface area (Å²) in [5.74, 6) is -0.940. The zero-order valence-corrected chi connectivity index (χ0v) is 35.3. The first-order valence-electron chi connectivity index (χ1n) is 21.1. The van der Waals surface area contributed by atoms with Gasteiger partial charge in [-0.15, -0.1) is 0 Å². The molecule has 0 fully saturated rings. The van der Waals surface area contributed by atoms with Gasteiger partial charge in [0.2, 0.25) is 0 Å². The van der Waals surface area contributed by atoms with E-state index >= 15 is 0 Å². The van der Waals surface area contributed by atoms with Gasteiger partial charge in [0.15, 0.2) is 6.10 Å². The van der Waals surface area contributed by atoms with Gasteiger partial charge in [-0.1, -0.05) is 150 Å². The Hall–Kier alpha value is -2.81. The highest BCUT2D eigenvalue weighted by atomic mass is 31.2. The summed E-state index contributed by atoms with van der Waals surface area (Å²) < 4.78 is 32.7. The van der Waals surface area contributed by atoms with Gasteiger partial charge in [-0.2, -0.15) is 0 Å². The van der Waals surface area contributed by atoms with Crippen molar-refractivity contribution in [1.82, 2.24) is 0 Å². The van der Waals surface area contributed by atoms with E-state index in [2.05, 4.69) is 86.8 Å². The van der Waals surface area contributed by atoms with Crippen LogP contribution in [0.4, 0.5) is 0 Å². The number of rotatable bonds is 38. The lowest BCUT2D eigenvalue weighted by molar-refractivity contribution is -0.161. The summed E-state index contributed by atoms with van der Waals surface area (Å²) in [6.07, 6.45) is 50.5. The Morgan fingerprint density at radius 1 is 0.564 bits per heavy atom. The second-order valence-corrected chi connectivity index (χ2v) is 14.9. The predicted molar refractivity (Wildman–Crippen MR) is 229 cm³/mol. The maximum absolute atomic E-state index is 12.6. The normalized spacial score (nSPS) is 14.2. The maximum Gasteiger partial charge on any atom is 0.472 e. The fourth-order valence-corrected chi connectivity index (χ4v) is 5.95. The molecule has 3 N–H and O–H groups in total. The quantitative estimate of drug-likeness (QED) is 0.0271. The number of hydrogen-bond donors (Lipinski definition) is 2. The highest BCUT2D eigenvalue weighted by Crippen LogP contribution is 2.43. The third kappa shape index (κ3) is 40.7. The minimum Gasteiger partial charge on any atom is -0.462 e. The molecule has 0 aromatic heterocycles. The molecule has 0 radical (unpaired) electrons. The molecule has 55 heavy (non-hydrogen) atoms. The highest BCUT2D eigenvalue weighted by Gasteiger charge is 2.25. The van der Waals surface area contributed by atoms with E-state index in [-0.39, 0.29) is 32.6 Å². The summed E-state index contributed by atoms with van der Waals surface area (Å²) in [7, 11) is -4.40. The van der Waals surface area contributed by atoms with Gasteiger partial charge in [-0.05, 0) is 77.0 Å². The van der Waals surface area contributed by atoms with E-state index in [1.54, 1.807) is 0 Å². The second kappa shape index (κ2) is 40.8. The van der Waals surface area contributed by atoms with Crippen LogP contribution in [-0.2, 0) is 32.7 Å². The molecule has 0 aliphatic carbocycles. The fourth-order valence-electron chi connectivity index (χ4n) is 5.18. The molecule has 0 saturated carbocycles. The first-order valence-corrected chi connectivity index (χ1v) is 22.6. The number of unbranched alkanes of at least 4 members (excludes halogenated alkanes) is 11. The summed E-state index contributed by atoms with van der Waals surface area (Å²) >= 11 is 0. The lowest BCUT2D eigenvalue weighted by Gasteiger charge is -2.19. The first-order chi connectivity index (χ1) is 26.8. The van der Waals surface area contributed by atoms with Crippen molar-refractivity contribution < 1.29 is 37.6 Å². The topological polar surface area (TPSA) is 134 Å². The van der Waals surface area contributed by atoms with E-state index in [1.807, 2.05) is 12.2 Å². The van der Waals surface area contributed by atoms with Crippen molar-refractivity contribution in [2.45, 2.75) is 161 Å². The molecule has 9 nitrogen and oxygen atoms in total. The number of nitrogens with two attached hydrogens (primary N) is 1. The minimum absolute atomic E-state index is 0.0390. The van der Waals surface area contributed by atoms with Crippen LogP contribution in [0.1, 0.15) is 155 Å². The van der Waals surface area contributed by atoms with Gasteiger partial charge in [-0.25, -0.2) is 4.57 Å². The lowest BCUT2D eigenvalue weighted by atomic mass is 10.1. The molecule has 0 heterocycles. The molecular weight excluding hydrogens is 713 g/mol. The van der Waals surface area contributed by atoms with Gasteiger partial charge in [0, 0.05) is 19.4 Å². The number of phosphoric acid groups is 1. The standard InChI is InChI=1S/C45H76NO8P/c1-3-5-7-9-11-13-15-17-19-20-21-22-24-25-27-29-31-33-35-37-44(47)51-41-43(42-53-55(49,50)52-40-39-46)54-45(48)38-36-34-32-30-28-26-23-18-16-14-12-10-8-6-4-2/h5,7,11,13-14,16-17,19,21-22,25,27,31,33,43H,3-4,6,8-10,12,15,18,20,23-24,26,28-30,32,34-42,46H2,1-2H3,(H,49,50)/b7-5-,13-11-,16-14-,19-17-,22-21-,27-25-,33-31-/t43-/m1/s1. The van der Waals surface area contributed by atoms with Crippen molar-refractivity contribution in [2.24, 2.45) is 5.73 Å². The molecule has 0 spiro atoms. The molecule has 0 aromatic carbocycles. The molecule has 10 heteroatoms. The van der Waals surface area contributed by atoms with Crippen LogP contribution in [0, 0.1) is 0 Å². The molecule has 1 unspecified atom stereocenters. The van der Waals surface area contributed by atoms with Crippen molar-refractivity contribution in [3.05, 3.63) is 85.1 Å². The van der Waals surface area contributed by atoms with Crippen molar-refractivity contribution in [2.75, 3.05) is 26.4 Å². The van der Waals surface area contributed by atoms with Crippen molar-refractivity contribution in [3.63, 3.8) is 0 Å². The summed E-state index contributed by atoms with van der Waals surface area (Å²) in [4.78, 5) is 34.8. The van der Waals surface area contributed by atoms with E-state index in [9.17, 15) is 19.0 Å². The number of ether oxygens (including phenoxy) is 2. The van der Waals surface area contributed by atoms with Crippen molar-refractivity contribution in [3.8, 4) is 0 Å². The average molecular weight is 790 g/mol. The number of hydrogen-bond acceptors (Lipinski definition) is 8. The Morgan fingerprint density at radius 3 is 1.56 bits per heavy atom. The molecule has 0 bridgehead atoms. The fraction of sp³-hybridized carbons (Fsp3) is 0.644. The van der Waals surface area contributed by atoms with Gasteiger partial charge in [0.1, 0.15) is 6.61 Å². The number of carbonyl (C=O) groups excluding carboxylic acids is 2. The van der Waals surface area contributed by atoms with Gasteiger partial charge in [0.05, 0.1) is 13.2 Å². The maximum atomic E-state index is 12.6. The average Bonchev–Trinajstić information content (AvgIpc) is 3.17. The number of carbonyl (C=O) groups is 2. The number of phosphoric ester groups is 1. The van der Waals surface area contributed by atoms with E-state index < -0.39 is 32.5 Å².